The van der Waals surface area contributed by atoms with E-state index < -0.39 is 5.60 Å². The molecule has 1 aliphatic heterocycles. The van der Waals surface area contributed by atoms with Crippen molar-refractivity contribution in [1.82, 2.24) is 4.98 Å². The summed E-state index contributed by atoms with van der Waals surface area (Å²) in [6.07, 6.45) is 1.58. The number of aliphatic hydroxyl groups is 1. The Balaban J connectivity index is 0.000000461. The summed E-state index contributed by atoms with van der Waals surface area (Å²) < 4.78 is 4.92. The fourth-order valence-electron chi connectivity index (χ4n) is 1.15. The van der Waals surface area contributed by atoms with Gasteiger partial charge in [-0.2, -0.15) is 0 Å². The molecule has 2 heterocycles. The monoisotopic (exact) mass is 215 g/mol. The Kier molecular flexibility index (Phi) is 3.86. The lowest BCUT2D eigenvalue weighted by Gasteiger charge is -2.36. The lowest BCUT2D eigenvalue weighted by Crippen LogP contribution is -2.46. The fraction of sp³-hybridized carbons (Fsp3) is 0.500. The second-order valence-corrected chi connectivity index (χ2v) is 3.28. The van der Waals surface area contributed by atoms with Gasteiger partial charge in [-0.1, -0.05) is 25.4 Å². The van der Waals surface area contributed by atoms with Crippen LogP contribution in [-0.2, 0) is 10.3 Å². The average Bonchev–Trinajstić information content (AvgIpc) is 2.17. The molecule has 0 bridgehead atoms. The first kappa shape index (κ1) is 11.4. The number of halogens is 1. The Morgan fingerprint density at radius 1 is 1.50 bits per heavy atom. The summed E-state index contributed by atoms with van der Waals surface area (Å²) in [5.74, 6) is 0. The molecule has 0 aromatic carbocycles. The molecule has 0 amide bonds. The number of rotatable bonds is 1. The smallest absolute Gasteiger partial charge is 0.136 e. The molecule has 1 aromatic heterocycles. The molecule has 78 valence electrons. The molecule has 4 heteroatoms. The van der Waals surface area contributed by atoms with Gasteiger partial charge >= 0.3 is 0 Å². The lowest BCUT2D eigenvalue weighted by atomic mass is 9.93. The van der Waals surface area contributed by atoms with E-state index in [1.807, 2.05) is 13.8 Å². The van der Waals surface area contributed by atoms with Gasteiger partial charge in [0, 0.05) is 6.20 Å². The molecule has 1 fully saturated rings. The predicted octanol–water partition coefficient (Wildman–Crippen LogP) is 1.98. The largest absolute Gasteiger partial charge is 0.380 e. The molecule has 1 N–H and O–H groups in total. The zero-order valence-corrected chi connectivity index (χ0v) is 9.08. The SMILES string of the molecule is CC.OC1(c2ccnc(Cl)c2)COC1. The molecule has 1 aromatic rings. The van der Waals surface area contributed by atoms with Crippen LogP contribution in [-0.4, -0.2) is 23.3 Å². The van der Waals surface area contributed by atoms with E-state index in [-0.39, 0.29) is 0 Å². The van der Waals surface area contributed by atoms with E-state index in [4.69, 9.17) is 16.3 Å². The summed E-state index contributed by atoms with van der Waals surface area (Å²) in [5, 5.41) is 10.2. The summed E-state index contributed by atoms with van der Waals surface area (Å²) in [5.41, 5.74) is -0.0687. The van der Waals surface area contributed by atoms with Gasteiger partial charge in [-0.15, -0.1) is 0 Å². The van der Waals surface area contributed by atoms with Gasteiger partial charge in [0.05, 0.1) is 13.2 Å². The van der Waals surface area contributed by atoms with E-state index in [1.165, 1.54) is 0 Å². The molecule has 1 saturated heterocycles. The van der Waals surface area contributed by atoms with Gasteiger partial charge < -0.3 is 9.84 Å². The second kappa shape index (κ2) is 4.73. The van der Waals surface area contributed by atoms with Crippen LogP contribution < -0.4 is 0 Å². The standard InChI is InChI=1S/C8H8ClNO2.C2H6/c9-7-3-6(1-2-10-7)8(11)4-12-5-8;1-2/h1-3,11H,4-5H2;1-2H3. The third kappa shape index (κ3) is 2.23. The Hall–Kier alpha value is -0.640. The molecule has 0 unspecified atom stereocenters. The van der Waals surface area contributed by atoms with Crippen molar-refractivity contribution in [3.05, 3.63) is 29.0 Å². The highest BCUT2D eigenvalue weighted by Gasteiger charge is 2.37. The van der Waals surface area contributed by atoms with Gasteiger partial charge in [-0.3, -0.25) is 0 Å². The van der Waals surface area contributed by atoms with Gasteiger partial charge in [0.1, 0.15) is 10.8 Å². The van der Waals surface area contributed by atoms with Crippen LogP contribution in [0.2, 0.25) is 5.15 Å². The van der Waals surface area contributed by atoms with Gasteiger partial charge in [0.25, 0.3) is 0 Å². The van der Waals surface area contributed by atoms with Crippen LogP contribution >= 0.6 is 11.6 Å². The molecular weight excluding hydrogens is 202 g/mol. The van der Waals surface area contributed by atoms with E-state index in [2.05, 4.69) is 4.98 Å². The molecule has 0 atom stereocenters. The third-order valence-corrected chi connectivity index (χ3v) is 2.15. The van der Waals surface area contributed by atoms with E-state index in [1.54, 1.807) is 18.3 Å². The normalized spacial score (nSPS) is 17.7. The Bertz CT molecular complexity index is 300. The number of aromatic nitrogens is 1. The van der Waals surface area contributed by atoms with Crippen molar-refractivity contribution >= 4 is 11.6 Å². The van der Waals surface area contributed by atoms with Crippen molar-refractivity contribution in [2.75, 3.05) is 13.2 Å². The van der Waals surface area contributed by atoms with Crippen molar-refractivity contribution in [2.24, 2.45) is 0 Å². The maximum Gasteiger partial charge on any atom is 0.136 e. The second-order valence-electron chi connectivity index (χ2n) is 2.89. The summed E-state index contributed by atoms with van der Waals surface area (Å²) in [6.45, 7) is 4.68. The molecule has 0 spiro atoms. The minimum absolute atomic E-state index is 0.341. The van der Waals surface area contributed by atoms with Crippen LogP contribution in [0.5, 0.6) is 0 Å². The quantitative estimate of drug-likeness (QED) is 0.729. The lowest BCUT2D eigenvalue weighted by molar-refractivity contribution is -0.184. The van der Waals surface area contributed by atoms with E-state index in [0.29, 0.717) is 18.4 Å². The molecule has 1 aliphatic rings. The number of ether oxygens (including phenoxy) is 1. The van der Waals surface area contributed by atoms with E-state index in [0.717, 1.165) is 5.56 Å². The van der Waals surface area contributed by atoms with Gasteiger partial charge in [0.2, 0.25) is 0 Å². The van der Waals surface area contributed by atoms with Gasteiger partial charge in [-0.05, 0) is 17.7 Å². The molecular formula is C10H14ClNO2. The number of nitrogens with zero attached hydrogens (tertiary/aromatic N) is 1. The van der Waals surface area contributed by atoms with Crippen molar-refractivity contribution in [1.29, 1.82) is 0 Å². The molecule has 3 nitrogen and oxygen atoms in total. The Morgan fingerprint density at radius 3 is 2.57 bits per heavy atom. The molecule has 14 heavy (non-hydrogen) atoms. The average molecular weight is 216 g/mol. The molecule has 0 saturated carbocycles. The summed E-state index contributed by atoms with van der Waals surface area (Å²) in [7, 11) is 0. The third-order valence-electron chi connectivity index (χ3n) is 1.95. The van der Waals surface area contributed by atoms with Gasteiger partial charge in [0.15, 0.2) is 0 Å². The summed E-state index contributed by atoms with van der Waals surface area (Å²) >= 11 is 5.67. The Morgan fingerprint density at radius 2 is 2.14 bits per heavy atom. The topological polar surface area (TPSA) is 42.4 Å². The zero-order chi connectivity index (χ0) is 10.6. The maximum atomic E-state index is 9.79. The van der Waals surface area contributed by atoms with Crippen molar-refractivity contribution in [3.63, 3.8) is 0 Å². The van der Waals surface area contributed by atoms with E-state index in [9.17, 15) is 5.11 Å². The van der Waals surface area contributed by atoms with Gasteiger partial charge in [-0.25, -0.2) is 4.98 Å². The highest BCUT2D eigenvalue weighted by atomic mass is 35.5. The first-order valence-electron chi connectivity index (χ1n) is 4.63. The minimum atomic E-state index is -0.841. The molecule has 0 radical (unpaired) electrons. The van der Waals surface area contributed by atoms with Crippen LogP contribution in [0.3, 0.4) is 0 Å². The number of hydrogen-bond acceptors (Lipinski definition) is 3. The first-order valence-corrected chi connectivity index (χ1v) is 5.01. The molecule has 2 rings (SSSR count). The number of hydrogen-bond donors (Lipinski definition) is 1. The highest BCUT2D eigenvalue weighted by Crippen LogP contribution is 2.29. The van der Waals surface area contributed by atoms with Crippen LogP contribution in [0.15, 0.2) is 18.3 Å². The van der Waals surface area contributed by atoms with Crippen molar-refractivity contribution in [2.45, 2.75) is 19.4 Å². The van der Waals surface area contributed by atoms with Crippen LogP contribution in [0.25, 0.3) is 0 Å². The van der Waals surface area contributed by atoms with E-state index >= 15 is 0 Å². The zero-order valence-electron chi connectivity index (χ0n) is 8.33. The first-order chi connectivity index (χ1) is 6.71. The summed E-state index contributed by atoms with van der Waals surface area (Å²) in [4.78, 5) is 3.83. The number of pyridine rings is 1. The molecule has 0 aliphatic carbocycles. The van der Waals surface area contributed by atoms with Crippen LogP contribution in [0.4, 0.5) is 0 Å². The fourth-order valence-corrected chi connectivity index (χ4v) is 1.33. The van der Waals surface area contributed by atoms with Crippen LogP contribution in [0.1, 0.15) is 19.4 Å². The predicted molar refractivity (Wildman–Crippen MR) is 55.3 cm³/mol. The van der Waals surface area contributed by atoms with Crippen molar-refractivity contribution < 1.29 is 9.84 Å². The Labute approximate surface area is 88.7 Å². The maximum absolute atomic E-state index is 9.79. The minimum Gasteiger partial charge on any atom is -0.380 e. The summed E-state index contributed by atoms with van der Waals surface area (Å²) in [6, 6.07) is 3.40. The van der Waals surface area contributed by atoms with Crippen LogP contribution in [0, 0.1) is 0 Å². The van der Waals surface area contributed by atoms with Crippen molar-refractivity contribution in [3.8, 4) is 0 Å². The highest BCUT2D eigenvalue weighted by molar-refractivity contribution is 6.29.